The highest BCUT2D eigenvalue weighted by atomic mass is 32.2. The predicted octanol–water partition coefficient (Wildman–Crippen LogP) is 6.40. The van der Waals surface area contributed by atoms with Crippen molar-refractivity contribution in [1.29, 1.82) is 0 Å². The van der Waals surface area contributed by atoms with E-state index in [9.17, 15) is 18.0 Å². The maximum atomic E-state index is 12.6. The first-order valence-electron chi connectivity index (χ1n) is 11.9. The molecule has 202 valence electrons. The smallest absolute Gasteiger partial charge is 0.406 e. The lowest BCUT2D eigenvalue weighted by atomic mass is 10.0. The van der Waals surface area contributed by atoms with Gasteiger partial charge in [-0.15, -0.1) is 18.3 Å². The quantitative estimate of drug-likeness (QED) is 0.237. The van der Waals surface area contributed by atoms with E-state index in [0.717, 1.165) is 11.3 Å². The predicted molar refractivity (Wildman–Crippen MR) is 149 cm³/mol. The van der Waals surface area contributed by atoms with Gasteiger partial charge in [0.1, 0.15) is 5.75 Å². The topological polar surface area (TPSA) is 83.3 Å². The van der Waals surface area contributed by atoms with Crippen molar-refractivity contribution >= 4 is 52.5 Å². The Kier molecular flexibility index (Phi) is 8.65. The van der Waals surface area contributed by atoms with Gasteiger partial charge in [-0.05, 0) is 47.9 Å². The van der Waals surface area contributed by atoms with Gasteiger partial charge in [-0.25, -0.2) is 9.97 Å². The van der Waals surface area contributed by atoms with Crippen molar-refractivity contribution < 1.29 is 22.7 Å². The van der Waals surface area contributed by atoms with Gasteiger partial charge in [-0.2, -0.15) is 5.10 Å². The number of thioether (sulfide) groups is 1. The van der Waals surface area contributed by atoms with Gasteiger partial charge in [0.2, 0.25) is 11.9 Å². The van der Waals surface area contributed by atoms with E-state index in [-0.39, 0.29) is 17.6 Å². The first kappa shape index (κ1) is 27.8. The highest BCUT2D eigenvalue weighted by Crippen LogP contribution is 2.33. The van der Waals surface area contributed by atoms with Crippen LogP contribution < -0.4 is 14.5 Å². The second-order valence-corrected chi connectivity index (χ2v) is 9.60. The van der Waals surface area contributed by atoms with Crippen molar-refractivity contribution in [2.24, 2.45) is 10.2 Å². The number of allylic oxidation sites excluding steroid dienone is 1. The van der Waals surface area contributed by atoms with Crippen LogP contribution in [0.15, 0.2) is 77.2 Å². The van der Waals surface area contributed by atoms with Gasteiger partial charge in [-0.3, -0.25) is 9.69 Å². The Balaban J connectivity index is 1.38. The summed E-state index contributed by atoms with van der Waals surface area (Å²) in [7, 11) is 1.70. The summed E-state index contributed by atoms with van der Waals surface area (Å²) >= 11 is 1.34. The fraction of sp³-hybridized carbons (Fsp3) is 0.222. The Hall–Kier alpha value is -4.19. The molecule has 39 heavy (non-hydrogen) atoms. The molecule has 0 unspecified atom stereocenters. The minimum absolute atomic E-state index is 0.0367. The molecule has 2 aromatic carbocycles. The third-order valence-electron chi connectivity index (χ3n) is 5.57. The molecule has 1 fully saturated rings. The lowest BCUT2D eigenvalue weighted by Crippen LogP contribution is -2.30. The van der Waals surface area contributed by atoms with Crippen LogP contribution in [0.4, 0.5) is 30.5 Å². The van der Waals surface area contributed by atoms with Gasteiger partial charge < -0.3 is 9.64 Å². The van der Waals surface area contributed by atoms with E-state index in [0.29, 0.717) is 28.1 Å². The van der Waals surface area contributed by atoms with E-state index in [2.05, 4.69) is 38.8 Å². The van der Waals surface area contributed by atoms with Crippen LogP contribution in [0.5, 0.6) is 5.75 Å². The fourth-order valence-corrected chi connectivity index (χ4v) is 4.52. The van der Waals surface area contributed by atoms with Gasteiger partial charge in [0.15, 0.2) is 5.17 Å². The summed E-state index contributed by atoms with van der Waals surface area (Å²) in [5.41, 5.74) is 3.18. The molecule has 1 aliphatic heterocycles. The van der Waals surface area contributed by atoms with Crippen molar-refractivity contribution in [3.05, 3.63) is 78.1 Å². The van der Waals surface area contributed by atoms with Gasteiger partial charge in [0.05, 0.1) is 11.4 Å². The molecule has 0 bridgehead atoms. The highest BCUT2D eigenvalue weighted by Gasteiger charge is 2.32. The summed E-state index contributed by atoms with van der Waals surface area (Å²) in [4.78, 5) is 24.4. The molecule has 0 saturated carbocycles. The summed E-state index contributed by atoms with van der Waals surface area (Å²) in [6.07, 6.45) is 3.40. The van der Waals surface area contributed by atoms with Gasteiger partial charge in [-0.1, -0.05) is 49.9 Å². The molecule has 2 heterocycles. The van der Waals surface area contributed by atoms with Crippen LogP contribution in [0.2, 0.25) is 0 Å². The Morgan fingerprint density at radius 1 is 1.10 bits per heavy atom. The Morgan fingerprint density at radius 2 is 1.79 bits per heavy atom. The number of amidine groups is 1. The SMILES string of the molecule is CC(C)c1ccccc1N1C(=O)CS\C1=N/N=C/C=C/c1cnc(N(C)c2ccc(OC(F)(F)F)cc2)nc1. The molecule has 1 amide bonds. The zero-order valence-corrected chi connectivity index (χ0v) is 22.1. The lowest BCUT2D eigenvalue weighted by molar-refractivity contribution is -0.274. The van der Waals surface area contributed by atoms with Gasteiger partial charge in [0.25, 0.3) is 0 Å². The van der Waals surface area contributed by atoms with E-state index < -0.39 is 6.36 Å². The first-order valence-corrected chi connectivity index (χ1v) is 12.8. The molecule has 0 aliphatic carbocycles. The molecule has 1 saturated heterocycles. The third-order valence-corrected chi connectivity index (χ3v) is 6.48. The van der Waals surface area contributed by atoms with Crippen molar-refractivity contribution in [3.8, 4) is 5.75 Å². The Labute approximate surface area is 227 Å². The molecule has 0 radical (unpaired) electrons. The van der Waals surface area contributed by atoms with Crippen molar-refractivity contribution in [2.45, 2.75) is 26.1 Å². The van der Waals surface area contributed by atoms with Gasteiger partial charge in [0, 0.05) is 36.9 Å². The highest BCUT2D eigenvalue weighted by molar-refractivity contribution is 8.15. The van der Waals surface area contributed by atoms with E-state index in [1.54, 1.807) is 41.4 Å². The fourth-order valence-electron chi connectivity index (χ4n) is 3.71. The number of ether oxygens (including phenoxy) is 1. The van der Waals surface area contributed by atoms with Crippen molar-refractivity contribution in [2.75, 3.05) is 22.6 Å². The van der Waals surface area contributed by atoms with Crippen LogP contribution in [0.1, 0.15) is 30.9 Å². The number of anilines is 3. The Morgan fingerprint density at radius 3 is 2.46 bits per heavy atom. The first-order chi connectivity index (χ1) is 18.6. The number of benzene rings is 2. The number of halogens is 3. The molecular weight excluding hydrogens is 529 g/mol. The van der Waals surface area contributed by atoms with Crippen LogP contribution >= 0.6 is 11.8 Å². The molecule has 8 nitrogen and oxygen atoms in total. The number of nitrogens with zero attached hydrogens (tertiary/aromatic N) is 6. The standard InChI is InChI=1S/C27H25F3N6O2S/c1-18(2)22-8-4-5-9-23(22)36-24(37)17-39-26(36)34-33-14-6-7-19-15-31-25(32-16-19)35(3)20-10-12-21(13-11-20)38-27(28,29)30/h4-16,18H,17H2,1-3H3/b7-6+,33-14+,34-26-. The van der Waals surface area contributed by atoms with Gasteiger partial charge >= 0.3 is 6.36 Å². The summed E-state index contributed by atoms with van der Waals surface area (Å²) in [6.45, 7) is 4.16. The van der Waals surface area contributed by atoms with Crippen LogP contribution in [-0.4, -0.2) is 46.4 Å². The molecule has 0 spiro atoms. The minimum atomic E-state index is -4.74. The summed E-state index contributed by atoms with van der Waals surface area (Å²) in [5.74, 6) is 0.574. The number of aromatic nitrogens is 2. The molecule has 12 heteroatoms. The van der Waals surface area contributed by atoms with Crippen molar-refractivity contribution in [3.63, 3.8) is 0 Å². The van der Waals surface area contributed by atoms with E-state index in [4.69, 9.17) is 0 Å². The van der Waals surface area contributed by atoms with E-state index in [1.807, 2.05) is 24.3 Å². The van der Waals surface area contributed by atoms with E-state index in [1.165, 1.54) is 42.2 Å². The maximum Gasteiger partial charge on any atom is 0.573 e. The van der Waals surface area contributed by atoms with E-state index >= 15 is 0 Å². The third kappa shape index (κ3) is 7.23. The summed E-state index contributed by atoms with van der Waals surface area (Å²) in [5, 5.41) is 8.87. The molecule has 4 rings (SSSR count). The average Bonchev–Trinajstić information content (AvgIpc) is 3.27. The van der Waals surface area contributed by atoms with Crippen molar-refractivity contribution in [1.82, 2.24) is 9.97 Å². The summed E-state index contributed by atoms with van der Waals surface area (Å²) in [6, 6.07) is 13.2. The number of hydrogen-bond donors (Lipinski definition) is 0. The zero-order chi connectivity index (χ0) is 28.0. The molecule has 0 atom stereocenters. The molecular formula is C27H25F3N6O2S. The second-order valence-electron chi connectivity index (χ2n) is 8.65. The second kappa shape index (κ2) is 12.1. The van der Waals surface area contributed by atoms with Crippen LogP contribution in [-0.2, 0) is 4.79 Å². The number of alkyl halides is 3. The number of rotatable bonds is 8. The molecule has 1 aromatic heterocycles. The average molecular weight is 555 g/mol. The molecule has 3 aromatic rings. The van der Waals surface area contributed by atoms with Crippen LogP contribution in [0.3, 0.4) is 0 Å². The van der Waals surface area contributed by atoms with Crippen LogP contribution in [0.25, 0.3) is 6.08 Å². The lowest BCUT2D eigenvalue weighted by Gasteiger charge is -2.20. The largest absolute Gasteiger partial charge is 0.573 e. The zero-order valence-electron chi connectivity index (χ0n) is 21.3. The number of carbonyl (C=O) groups excluding carboxylic acids is 1. The number of hydrogen-bond acceptors (Lipinski definition) is 8. The monoisotopic (exact) mass is 554 g/mol. The maximum absolute atomic E-state index is 12.6. The normalized spacial score (nSPS) is 15.3. The van der Waals surface area contributed by atoms with Crippen LogP contribution in [0, 0.1) is 0 Å². The Bertz CT molecular complexity index is 1390. The number of para-hydroxylation sites is 1. The molecule has 0 N–H and O–H groups in total. The minimum Gasteiger partial charge on any atom is -0.406 e. The summed E-state index contributed by atoms with van der Waals surface area (Å²) < 4.78 is 40.9. The number of amides is 1. The molecule has 1 aliphatic rings. The number of carbonyl (C=O) groups is 1.